The number of aryl methyl sites for hydroxylation is 1. The molecule has 7 rings (SSSR count). The van der Waals surface area contributed by atoms with E-state index in [0.29, 0.717) is 22.5 Å². The Morgan fingerprint density at radius 2 is 1.09 bits per heavy atom. The number of nitrogens with zero attached hydrogens (tertiary/aromatic N) is 5. The minimum absolute atomic E-state index is 0.528. The molecule has 0 bridgehead atoms. The molecule has 0 unspecified atom stereocenters. The van der Waals surface area contributed by atoms with Crippen molar-refractivity contribution in [2.75, 3.05) is 0 Å². The molecule has 0 saturated carbocycles. The average molecular weight is 564 g/mol. The fourth-order valence-electron chi connectivity index (χ4n) is 5.78. The van der Waals surface area contributed by atoms with Crippen LogP contribution in [-0.4, -0.2) is 36.7 Å². The number of fused-ring (bicyclic) bond motifs is 3. The lowest BCUT2D eigenvalue weighted by Crippen LogP contribution is -1.97. The van der Waals surface area contributed by atoms with Crippen molar-refractivity contribution in [2.24, 2.45) is 0 Å². The van der Waals surface area contributed by atoms with Crippen LogP contribution in [0.1, 0.15) is 40.5 Å². The van der Waals surface area contributed by atoms with Gasteiger partial charge >= 0.3 is 0 Å². The maximum absolute atomic E-state index is 12.1. The van der Waals surface area contributed by atoms with Crippen molar-refractivity contribution in [3.05, 3.63) is 121 Å². The highest BCUT2D eigenvalue weighted by Crippen LogP contribution is 2.36. The summed E-state index contributed by atoms with van der Waals surface area (Å²) in [6, 6.07) is 32.1. The van der Waals surface area contributed by atoms with Gasteiger partial charge < -0.3 is 4.57 Å². The highest BCUT2D eigenvalue weighted by molar-refractivity contribution is 6.11. The van der Waals surface area contributed by atoms with Gasteiger partial charge in [0.2, 0.25) is 0 Å². The van der Waals surface area contributed by atoms with E-state index in [4.69, 9.17) is 10.2 Å². The number of carbonyl (C=O) groups excluding carboxylic acids is 2. The number of benzene rings is 4. The molecule has 3 heterocycles. The lowest BCUT2D eigenvalue weighted by molar-refractivity contribution is 0.111. The van der Waals surface area contributed by atoms with Crippen LogP contribution in [0.2, 0.25) is 0 Å². The molecule has 3 aromatic heterocycles. The third kappa shape index (κ3) is 4.65. The van der Waals surface area contributed by atoms with Crippen LogP contribution in [0.4, 0.5) is 0 Å². The summed E-state index contributed by atoms with van der Waals surface area (Å²) in [5.74, 6) is 0. The van der Waals surface area contributed by atoms with E-state index >= 15 is 0 Å². The molecule has 7 heteroatoms. The van der Waals surface area contributed by atoms with E-state index in [-0.39, 0.29) is 0 Å². The standard InChI is InChI=1S/C36H29N5O2/c1-2-3-18-39-33-16-14-25(35-27(23-42)21-40(37-35)29-10-6-4-7-11-29)19-31(33)32-20-26(15-17-34(32)39)36-28(24-43)22-41(38-36)30-12-8-5-9-13-30/h4-17,19-24H,2-3,18H2,1H3. The maximum atomic E-state index is 12.1. The van der Waals surface area contributed by atoms with Crippen molar-refractivity contribution in [3.63, 3.8) is 0 Å². The molecule has 0 atom stereocenters. The fraction of sp³-hybridized carbons (Fsp3) is 0.111. The second kappa shape index (κ2) is 11.0. The Morgan fingerprint density at radius 3 is 1.51 bits per heavy atom. The summed E-state index contributed by atoms with van der Waals surface area (Å²) >= 11 is 0. The number of rotatable bonds is 9. The zero-order valence-electron chi connectivity index (χ0n) is 23.7. The molecule has 0 radical (unpaired) electrons. The Kier molecular flexibility index (Phi) is 6.75. The van der Waals surface area contributed by atoms with E-state index in [0.717, 1.165) is 76.3 Å². The van der Waals surface area contributed by atoms with Crippen molar-refractivity contribution < 1.29 is 9.59 Å². The second-order valence-electron chi connectivity index (χ2n) is 10.6. The number of aldehydes is 2. The van der Waals surface area contributed by atoms with E-state index in [9.17, 15) is 9.59 Å². The van der Waals surface area contributed by atoms with Crippen LogP contribution >= 0.6 is 0 Å². The van der Waals surface area contributed by atoms with Gasteiger partial charge in [0.15, 0.2) is 12.6 Å². The maximum Gasteiger partial charge on any atom is 0.153 e. The molecule has 0 aliphatic rings. The zero-order chi connectivity index (χ0) is 29.3. The van der Waals surface area contributed by atoms with Gasteiger partial charge in [-0.1, -0.05) is 61.9 Å². The van der Waals surface area contributed by atoms with Crippen molar-refractivity contribution in [1.82, 2.24) is 24.1 Å². The van der Waals surface area contributed by atoms with Gasteiger partial charge in [0.05, 0.1) is 22.5 Å². The molecular weight excluding hydrogens is 534 g/mol. The topological polar surface area (TPSA) is 74.7 Å². The van der Waals surface area contributed by atoms with Crippen molar-refractivity contribution in [2.45, 2.75) is 26.3 Å². The summed E-state index contributed by atoms with van der Waals surface area (Å²) in [4.78, 5) is 24.2. The third-order valence-corrected chi connectivity index (χ3v) is 7.93. The molecular formula is C36H29N5O2. The minimum atomic E-state index is 0.528. The van der Waals surface area contributed by atoms with Crippen LogP contribution in [0.15, 0.2) is 109 Å². The molecule has 0 aliphatic carbocycles. The molecule has 0 saturated heterocycles. The average Bonchev–Trinajstić information content (AvgIpc) is 3.78. The van der Waals surface area contributed by atoms with Crippen molar-refractivity contribution in [1.29, 1.82) is 0 Å². The van der Waals surface area contributed by atoms with Gasteiger partial charge in [-0.2, -0.15) is 10.2 Å². The smallest absolute Gasteiger partial charge is 0.153 e. The van der Waals surface area contributed by atoms with Crippen LogP contribution in [0.5, 0.6) is 0 Å². The first kappa shape index (κ1) is 26.3. The summed E-state index contributed by atoms with van der Waals surface area (Å²) in [5.41, 5.74) is 8.07. The molecule has 210 valence electrons. The van der Waals surface area contributed by atoms with E-state index < -0.39 is 0 Å². The van der Waals surface area contributed by atoms with Crippen molar-refractivity contribution >= 4 is 34.4 Å². The number of unbranched alkanes of at least 4 members (excludes halogenated alkanes) is 1. The van der Waals surface area contributed by atoms with E-state index in [1.54, 1.807) is 21.8 Å². The number of hydrogen-bond donors (Lipinski definition) is 0. The summed E-state index contributed by atoms with van der Waals surface area (Å²) < 4.78 is 5.85. The van der Waals surface area contributed by atoms with Crippen LogP contribution in [-0.2, 0) is 6.54 Å². The SMILES string of the molecule is CCCCn1c2ccc(-c3nn(-c4ccccc4)cc3C=O)cc2c2cc(-c3nn(-c4ccccc4)cc3C=O)ccc21. The van der Waals surface area contributed by atoms with Gasteiger partial charge in [-0.15, -0.1) is 0 Å². The van der Waals surface area contributed by atoms with Gasteiger partial charge in [0.25, 0.3) is 0 Å². The molecule has 0 amide bonds. The number of para-hydroxylation sites is 2. The van der Waals surface area contributed by atoms with Gasteiger partial charge in [0, 0.05) is 51.9 Å². The first-order valence-electron chi connectivity index (χ1n) is 14.5. The van der Waals surface area contributed by atoms with Crippen LogP contribution in [0, 0.1) is 0 Å². The van der Waals surface area contributed by atoms with Gasteiger partial charge in [-0.05, 0) is 55.0 Å². The fourth-order valence-corrected chi connectivity index (χ4v) is 5.78. The number of carbonyl (C=O) groups is 2. The van der Waals surface area contributed by atoms with Gasteiger partial charge in [-0.3, -0.25) is 9.59 Å². The first-order valence-corrected chi connectivity index (χ1v) is 14.5. The molecule has 0 aliphatic heterocycles. The lowest BCUT2D eigenvalue weighted by Gasteiger charge is -2.07. The summed E-state index contributed by atoms with van der Waals surface area (Å²) in [6.45, 7) is 3.08. The van der Waals surface area contributed by atoms with E-state index in [1.807, 2.05) is 72.8 Å². The predicted molar refractivity (Wildman–Crippen MR) is 170 cm³/mol. The summed E-state index contributed by atoms with van der Waals surface area (Å²) in [6.07, 6.45) is 7.40. The molecule has 0 spiro atoms. The Balaban J connectivity index is 1.40. The molecule has 4 aromatic carbocycles. The summed E-state index contributed by atoms with van der Waals surface area (Å²) in [7, 11) is 0. The largest absolute Gasteiger partial charge is 0.340 e. The monoisotopic (exact) mass is 563 g/mol. The minimum Gasteiger partial charge on any atom is -0.340 e. The molecule has 7 nitrogen and oxygen atoms in total. The van der Waals surface area contributed by atoms with Gasteiger partial charge in [-0.25, -0.2) is 9.36 Å². The van der Waals surface area contributed by atoms with Crippen LogP contribution < -0.4 is 0 Å². The lowest BCUT2D eigenvalue weighted by atomic mass is 10.0. The van der Waals surface area contributed by atoms with E-state index in [2.05, 4.69) is 35.8 Å². The number of aromatic nitrogens is 5. The Bertz CT molecular complexity index is 1960. The summed E-state index contributed by atoms with van der Waals surface area (Å²) in [5, 5.41) is 11.7. The van der Waals surface area contributed by atoms with Crippen LogP contribution in [0.25, 0.3) is 55.7 Å². The normalized spacial score (nSPS) is 11.4. The second-order valence-corrected chi connectivity index (χ2v) is 10.6. The Morgan fingerprint density at radius 1 is 0.628 bits per heavy atom. The number of hydrogen-bond acceptors (Lipinski definition) is 4. The highest BCUT2D eigenvalue weighted by Gasteiger charge is 2.18. The molecule has 7 aromatic rings. The van der Waals surface area contributed by atoms with E-state index in [1.165, 1.54) is 0 Å². The third-order valence-electron chi connectivity index (χ3n) is 7.93. The zero-order valence-corrected chi connectivity index (χ0v) is 23.7. The van der Waals surface area contributed by atoms with Crippen LogP contribution in [0.3, 0.4) is 0 Å². The Hall–Kier alpha value is -5.56. The quantitative estimate of drug-likeness (QED) is 0.167. The first-order chi connectivity index (χ1) is 21.2. The molecule has 0 N–H and O–H groups in total. The van der Waals surface area contributed by atoms with Crippen molar-refractivity contribution in [3.8, 4) is 33.9 Å². The predicted octanol–water partition coefficient (Wildman–Crippen LogP) is 7.93. The highest BCUT2D eigenvalue weighted by atomic mass is 16.1. The molecule has 0 fully saturated rings. The Labute approximate surface area is 248 Å². The van der Waals surface area contributed by atoms with Gasteiger partial charge in [0.1, 0.15) is 11.4 Å². The molecule has 43 heavy (non-hydrogen) atoms.